The number of carbonyl (C=O) groups is 1. The van der Waals surface area contributed by atoms with E-state index in [9.17, 15) is 4.79 Å². The standard InChI is InChI=1S/C20H27N3O/c1-3-18-9-4-5-12-23(18)15-20(24)22(2)14-17-8-6-7-16-13-21-11-10-19(16)17/h6-8,10-11,13,18H,3-5,9,12,14-15H2,1-2H3. The van der Waals surface area contributed by atoms with E-state index in [0.29, 0.717) is 19.1 Å². The summed E-state index contributed by atoms with van der Waals surface area (Å²) in [6.07, 6.45) is 8.55. The van der Waals surface area contributed by atoms with E-state index in [-0.39, 0.29) is 5.91 Å². The molecule has 0 radical (unpaired) electrons. The average molecular weight is 325 g/mol. The summed E-state index contributed by atoms with van der Waals surface area (Å²) in [5.74, 6) is 0.210. The monoisotopic (exact) mass is 325 g/mol. The van der Waals surface area contributed by atoms with E-state index < -0.39 is 0 Å². The second-order valence-corrected chi connectivity index (χ2v) is 6.79. The molecule has 0 aliphatic carbocycles. The lowest BCUT2D eigenvalue weighted by Gasteiger charge is -2.35. The molecule has 24 heavy (non-hydrogen) atoms. The first-order chi connectivity index (χ1) is 11.7. The molecule has 1 saturated heterocycles. The highest BCUT2D eigenvalue weighted by molar-refractivity contribution is 5.85. The molecule has 1 aromatic heterocycles. The predicted octanol–water partition coefficient (Wildman–Crippen LogP) is 3.46. The molecule has 1 aliphatic rings. The molecule has 0 N–H and O–H groups in total. The molecule has 0 bridgehead atoms. The number of likely N-dealkylation sites (N-methyl/N-ethyl adjacent to an activating group) is 1. The van der Waals surface area contributed by atoms with Crippen LogP contribution in [-0.4, -0.2) is 46.9 Å². The van der Waals surface area contributed by atoms with Gasteiger partial charge in [0, 0.05) is 37.4 Å². The summed E-state index contributed by atoms with van der Waals surface area (Å²) in [5, 5.41) is 2.30. The van der Waals surface area contributed by atoms with E-state index in [4.69, 9.17) is 0 Å². The van der Waals surface area contributed by atoms with E-state index in [2.05, 4.69) is 28.9 Å². The second-order valence-electron chi connectivity index (χ2n) is 6.79. The smallest absolute Gasteiger partial charge is 0.236 e. The highest BCUT2D eigenvalue weighted by Gasteiger charge is 2.24. The Kier molecular flexibility index (Phi) is 5.46. The molecule has 1 aliphatic heterocycles. The van der Waals surface area contributed by atoms with Crippen LogP contribution in [0, 0.1) is 0 Å². The van der Waals surface area contributed by atoms with Crippen molar-refractivity contribution >= 4 is 16.7 Å². The number of fused-ring (bicyclic) bond motifs is 1. The van der Waals surface area contributed by atoms with Gasteiger partial charge in [0.2, 0.25) is 5.91 Å². The summed E-state index contributed by atoms with van der Waals surface area (Å²) in [5.41, 5.74) is 1.18. The highest BCUT2D eigenvalue weighted by Crippen LogP contribution is 2.21. The van der Waals surface area contributed by atoms with Crippen LogP contribution in [0.3, 0.4) is 0 Å². The lowest BCUT2D eigenvalue weighted by atomic mass is 10.00. The van der Waals surface area contributed by atoms with Crippen molar-refractivity contribution in [2.45, 2.75) is 45.2 Å². The maximum absolute atomic E-state index is 12.7. The van der Waals surface area contributed by atoms with Gasteiger partial charge in [0.15, 0.2) is 0 Å². The fourth-order valence-corrected chi connectivity index (χ4v) is 3.70. The number of nitrogens with zero attached hydrogens (tertiary/aromatic N) is 3. The number of piperidine rings is 1. The third-order valence-corrected chi connectivity index (χ3v) is 5.16. The van der Waals surface area contributed by atoms with Crippen molar-refractivity contribution in [3.8, 4) is 0 Å². The molecule has 0 saturated carbocycles. The lowest BCUT2D eigenvalue weighted by Crippen LogP contribution is -2.45. The fraction of sp³-hybridized carbons (Fsp3) is 0.500. The van der Waals surface area contributed by atoms with Gasteiger partial charge >= 0.3 is 0 Å². The lowest BCUT2D eigenvalue weighted by molar-refractivity contribution is -0.132. The molecule has 1 amide bonds. The van der Waals surface area contributed by atoms with Gasteiger partial charge in [-0.15, -0.1) is 0 Å². The van der Waals surface area contributed by atoms with Gasteiger partial charge < -0.3 is 4.90 Å². The highest BCUT2D eigenvalue weighted by atomic mass is 16.2. The van der Waals surface area contributed by atoms with Gasteiger partial charge in [-0.25, -0.2) is 0 Å². The Morgan fingerprint density at radius 1 is 1.33 bits per heavy atom. The summed E-state index contributed by atoms with van der Waals surface area (Å²) in [7, 11) is 1.91. The number of rotatable bonds is 5. The van der Waals surface area contributed by atoms with Crippen molar-refractivity contribution < 1.29 is 4.79 Å². The Bertz CT molecular complexity index is 695. The molecular formula is C20H27N3O. The van der Waals surface area contributed by atoms with Gasteiger partial charge in [0.05, 0.1) is 6.54 Å². The minimum Gasteiger partial charge on any atom is -0.340 e. The second kappa shape index (κ2) is 7.75. The molecule has 2 heterocycles. The van der Waals surface area contributed by atoms with Crippen LogP contribution >= 0.6 is 0 Å². The van der Waals surface area contributed by atoms with Gasteiger partial charge in [0.1, 0.15) is 0 Å². The van der Waals surface area contributed by atoms with Crippen molar-refractivity contribution in [2.75, 3.05) is 20.1 Å². The van der Waals surface area contributed by atoms with E-state index in [1.54, 1.807) is 0 Å². The number of benzene rings is 1. The zero-order valence-corrected chi connectivity index (χ0v) is 14.7. The van der Waals surface area contributed by atoms with E-state index in [0.717, 1.165) is 18.4 Å². The molecule has 2 aromatic rings. The quantitative estimate of drug-likeness (QED) is 0.845. The summed E-state index contributed by atoms with van der Waals surface area (Å²) in [6, 6.07) is 8.80. The number of likely N-dealkylation sites (tertiary alicyclic amines) is 1. The van der Waals surface area contributed by atoms with E-state index in [1.807, 2.05) is 36.5 Å². The Hall–Kier alpha value is -1.94. The molecule has 1 atom stereocenters. The maximum atomic E-state index is 12.7. The first-order valence-corrected chi connectivity index (χ1v) is 8.98. The third kappa shape index (κ3) is 3.75. The Labute approximate surface area is 144 Å². The molecule has 3 rings (SSSR count). The van der Waals surface area contributed by atoms with Crippen molar-refractivity contribution in [1.29, 1.82) is 0 Å². The van der Waals surface area contributed by atoms with Crippen molar-refractivity contribution in [3.63, 3.8) is 0 Å². The normalized spacial score (nSPS) is 18.7. The maximum Gasteiger partial charge on any atom is 0.236 e. The number of aromatic nitrogens is 1. The number of amides is 1. The fourth-order valence-electron chi connectivity index (χ4n) is 3.70. The largest absolute Gasteiger partial charge is 0.340 e. The zero-order chi connectivity index (χ0) is 16.9. The molecule has 0 spiro atoms. The van der Waals surface area contributed by atoms with Crippen LogP contribution in [0.5, 0.6) is 0 Å². The SMILES string of the molecule is CCC1CCCCN1CC(=O)N(C)Cc1cccc2cnccc12. The third-order valence-electron chi connectivity index (χ3n) is 5.16. The molecular weight excluding hydrogens is 298 g/mol. The molecule has 128 valence electrons. The Morgan fingerprint density at radius 3 is 3.04 bits per heavy atom. The van der Waals surface area contributed by atoms with Gasteiger partial charge in [-0.3, -0.25) is 14.7 Å². The van der Waals surface area contributed by atoms with E-state index in [1.165, 1.54) is 30.2 Å². The number of pyridine rings is 1. The first kappa shape index (κ1) is 16.9. The van der Waals surface area contributed by atoms with Gasteiger partial charge in [0.25, 0.3) is 0 Å². The average Bonchev–Trinajstić information content (AvgIpc) is 2.62. The predicted molar refractivity (Wildman–Crippen MR) is 97.7 cm³/mol. The van der Waals surface area contributed by atoms with Crippen LogP contribution in [0.1, 0.15) is 38.2 Å². The first-order valence-electron chi connectivity index (χ1n) is 8.98. The minimum absolute atomic E-state index is 0.210. The molecule has 1 fully saturated rings. The minimum atomic E-state index is 0.210. The zero-order valence-electron chi connectivity index (χ0n) is 14.7. The molecule has 4 heteroatoms. The summed E-state index contributed by atoms with van der Waals surface area (Å²) < 4.78 is 0. The van der Waals surface area contributed by atoms with Gasteiger partial charge in [-0.1, -0.05) is 31.5 Å². The van der Waals surface area contributed by atoms with Crippen LogP contribution in [0.2, 0.25) is 0 Å². The topological polar surface area (TPSA) is 36.4 Å². The summed E-state index contributed by atoms with van der Waals surface area (Å²) >= 11 is 0. The van der Waals surface area contributed by atoms with Crippen LogP contribution < -0.4 is 0 Å². The Morgan fingerprint density at radius 2 is 2.21 bits per heavy atom. The Balaban J connectivity index is 1.67. The van der Waals surface area contributed by atoms with Gasteiger partial charge in [-0.2, -0.15) is 0 Å². The number of hydrogen-bond donors (Lipinski definition) is 0. The number of hydrogen-bond acceptors (Lipinski definition) is 3. The van der Waals surface area contributed by atoms with Crippen molar-refractivity contribution in [1.82, 2.24) is 14.8 Å². The van der Waals surface area contributed by atoms with Crippen molar-refractivity contribution in [3.05, 3.63) is 42.2 Å². The van der Waals surface area contributed by atoms with Crippen LogP contribution in [0.4, 0.5) is 0 Å². The van der Waals surface area contributed by atoms with Crippen LogP contribution in [0.25, 0.3) is 10.8 Å². The summed E-state index contributed by atoms with van der Waals surface area (Å²) in [4.78, 5) is 21.1. The van der Waals surface area contributed by atoms with E-state index >= 15 is 0 Å². The number of carbonyl (C=O) groups excluding carboxylic acids is 1. The molecule has 1 unspecified atom stereocenters. The summed E-state index contributed by atoms with van der Waals surface area (Å²) in [6.45, 7) is 4.46. The van der Waals surface area contributed by atoms with Crippen LogP contribution in [0.15, 0.2) is 36.7 Å². The van der Waals surface area contributed by atoms with Crippen molar-refractivity contribution in [2.24, 2.45) is 0 Å². The molecule has 1 aromatic carbocycles. The van der Waals surface area contributed by atoms with Gasteiger partial charge in [-0.05, 0) is 42.8 Å². The molecule has 4 nitrogen and oxygen atoms in total. The van der Waals surface area contributed by atoms with Crippen LogP contribution in [-0.2, 0) is 11.3 Å².